The van der Waals surface area contributed by atoms with Crippen LogP contribution in [0, 0.1) is 0 Å². The molecule has 2 aromatic rings. The summed E-state index contributed by atoms with van der Waals surface area (Å²) in [4.78, 5) is 21.6. The first kappa shape index (κ1) is 23.5. The number of benzene rings is 1. The van der Waals surface area contributed by atoms with E-state index in [4.69, 9.17) is 0 Å². The SMILES string of the molecule is C=CCN1C[C@H](C)N([C@H](c2cccc(O)c2)c2ccc(C(=O)N(CC)CC)s2)C[C@H]1C. The third-order valence-corrected chi connectivity index (χ3v) is 7.33. The summed E-state index contributed by atoms with van der Waals surface area (Å²) in [6.45, 7) is 16.6. The van der Waals surface area contributed by atoms with Crippen LogP contribution in [0.3, 0.4) is 0 Å². The van der Waals surface area contributed by atoms with Crippen molar-refractivity contribution in [2.24, 2.45) is 0 Å². The predicted octanol–water partition coefficient (Wildman–Crippen LogP) is 4.61. The summed E-state index contributed by atoms with van der Waals surface area (Å²) in [5.74, 6) is 0.359. The molecule has 5 nitrogen and oxygen atoms in total. The summed E-state index contributed by atoms with van der Waals surface area (Å²) < 4.78 is 0. The van der Waals surface area contributed by atoms with Gasteiger partial charge in [-0.15, -0.1) is 17.9 Å². The molecule has 1 aromatic carbocycles. The fourth-order valence-electron chi connectivity index (χ4n) is 4.50. The van der Waals surface area contributed by atoms with Crippen LogP contribution in [0.15, 0.2) is 49.1 Å². The molecule has 0 spiro atoms. The van der Waals surface area contributed by atoms with E-state index in [1.807, 2.05) is 43.0 Å². The van der Waals surface area contributed by atoms with Gasteiger partial charge in [0, 0.05) is 49.7 Å². The molecule has 0 saturated carbocycles. The highest BCUT2D eigenvalue weighted by molar-refractivity contribution is 7.14. The fraction of sp³-hybridized carbons (Fsp3) is 0.480. The van der Waals surface area contributed by atoms with Crippen molar-refractivity contribution >= 4 is 17.2 Å². The van der Waals surface area contributed by atoms with Gasteiger partial charge in [0.1, 0.15) is 5.75 Å². The number of carbonyl (C=O) groups excluding carboxylic acids is 1. The van der Waals surface area contributed by atoms with E-state index in [2.05, 4.69) is 42.4 Å². The van der Waals surface area contributed by atoms with Gasteiger partial charge in [0.15, 0.2) is 0 Å². The Kier molecular flexibility index (Phi) is 7.92. The second-order valence-electron chi connectivity index (χ2n) is 8.31. The Bertz CT molecular complexity index is 892. The average molecular weight is 442 g/mol. The highest BCUT2D eigenvalue weighted by Crippen LogP contribution is 2.38. The topological polar surface area (TPSA) is 47.0 Å². The Morgan fingerprint density at radius 1 is 1.23 bits per heavy atom. The molecular formula is C25H35N3O2S. The molecule has 0 radical (unpaired) electrons. The van der Waals surface area contributed by atoms with Crippen molar-refractivity contribution in [1.29, 1.82) is 0 Å². The van der Waals surface area contributed by atoms with E-state index in [-0.39, 0.29) is 17.7 Å². The minimum Gasteiger partial charge on any atom is -0.508 e. The van der Waals surface area contributed by atoms with Crippen LogP contribution in [0.4, 0.5) is 0 Å². The lowest BCUT2D eigenvalue weighted by atomic mass is 9.98. The van der Waals surface area contributed by atoms with E-state index in [0.29, 0.717) is 25.2 Å². The van der Waals surface area contributed by atoms with Crippen molar-refractivity contribution in [2.75, 3.05) is 32.7 Å². The van der Waals surface area contributed by atoms with Crippen LogP contribution < -0.4 is 0 Å². The van der Waals surface area contributed by atoms with E-state index in [9.17, 15) is 9.90 Å². The summed E-state index contributed by atoms with van der Waals surface area (Å²) in [5, 5.41) is 10.2. The van der Waals surface area contributed by atoms with Crippen LogP contribution in [0.1, 0.15) is 53.8 Å². The second kappa shape index (κ2) is 10.4. The zero-order chi connectivity index (χ0) is 22.5. The van der Waals surface area contributed by atoms with Gasteiger partial charge in [0.2, 0.25) is 0 Å². The van der Waals surface area contributed by atoms with Crippen LogP contribution >= 0.6 is 11.3 Å². The zero-order valence-corrected chi connectivity index (χ0v) is 19.9. The lowest BCUT2D eigenvalue weighted by molar-refractivity contribution is 0.0315. The van der Waals surface area contributed by atoms with Crippen molar-refractivity contribution in [3.05, 3.63) is 64.4 Å². The highest BCUT2D eigenvalue weighted by atomic mass is 32.1. The maximum Gasteiger partial charge on any atom is 0.263 e. The van der Waals surface area contributed by atoms with E-state index in [1.165, 1.54) is 0 Å². The van der Waals surface area contributed by atoms with Gasteiger partial charge in [0.25, 0.3) is 5.91 Å². The third-order valence-electron chi connectivity index (χ3n) is 6.20. The van der Waals surface area contributed by atoms with E-state index in [1.54, 1.807) is 17.4 Å². The maximum atomic E-state index is 12.9. The van der Waals surface area contributed by atoms with Gasteiger partial charge in [-0.05, 0) is 57.5 Å². The van der Waals surface area contributed by atoms with Crippen LogP contribution in [0.2, 0.25) is 0 Å². The van der Waals surface area contributed by atoms with Gasteiger partial charge >= 0.3 is 0 Å². The number of amides is 1. The normalized spacial score (nSPS) is 21.0. The number of phenols is 1. The van der Waals surface area contributed by atoms with E-state index >= 15 is 0 Å². The summed E-state index contributed by atoms with van der Waals surface area (Å²) in [5.41, 5.74) is 1.06. The van der Waals surface area contributed by atoms with Crippen molar-refractivity contribution in [3.8, 4) is 5.75 Å². The molecule has 1 aliphatic heterocycles. The number of hydrogen-bond acceptors (Lipinski definition) is 5. The lowest BCUT2D eigenvalue weighted by Crippen LogP contribution is -2.57. The molecule has 31 heavy (non-hydrogen) atoms. The molecular weight excluding hydrogens is 406 g/mol. The summed E-state index contributed by atoms with van der Waals surface area (Å²) >= 11 is 1.57. The van der Waals surface area contributed by atoms with Gasteiger partial charge in [0.05, 0.1) is 10.9 Å². The fourth-order valence-corrected chi connectivity index (χ4v) is 5.63. The van der Waals surface area contributed by atoms with E-state index < -0.39 is 0 Å². The summed E-state index contributed by atoms with van der Waals surface area (Å²) in [7, 11) is 0. The van der Waals surface area contributed by atoms with Crippen molar-refractivity contribution in [2.45, 2.75) is 45.8 Å². The quantitative estimate of drug-likeness (QED) is 0.608. The Hall–Kier alpha value is -2.15. The highest BCUT2D eigenvalue weighted by Gasteiger charge is 2.35. The summed E-state index contributed by atoms with van der Waals surface area (Å²) in [6, 6.07) is 12.3. The molecule has 1 N–H and O–H groups in total. The van der Waals surface area contributed by atoms with Crippen molar-refractivity contribution in [1.82, 2.24) is 14.7 Å². The Morgan fingerprint density at radius 3 is 2.61 bits per heavy atom. The zero-order valence-electron chi connectivity index (χ0n) is 19.1. The molecule has 0 bridgehead atoms. The van der Waals surface area contributed by atoms with Gasteiger partial charge < -0.3 is 10.0 Å². The minimum absolute atomic E-state index is 0.00122. The number of nitrogens with zero attached hydrogens (tertiary/aromatic N) is 3. The van der Waals surface area contributed by atoms with Crippen LogP contribution in [0.25, 0.3) is 0 Å². The average Bonchev–Trinajstić information content (AvgIpc) is 3.22. The van der Waals surface area contributed by atoms with Crippen LogP contribution in [0.5, 0.6) is 5.75 Å². The van der Waals surface area contributed by atoms with Crippen LogP contribution in [-0.4, -0.2) is 70.5 Å². The third kappa shape index (κ3) is 5.20. The first-order valence-electron chi connectivity index (χ1n) is 11.2. The molecule has 1 amide bonds. The number of piperazine rings is 1. The molecule has 3 rings (SSSR count). The Morgan fingerprint density at radius 2 is 1.97 bits per heavy atom. The minimum atomic E-state index is -0.00122. The monoisotopic (exact) mass is 441 g/mol. The second-order valence-corrected chi connectivity index (χ2v) is 9.43. The standard InChI is InChI=1S/C25H35N3O2S/c1-6-14-27-16-19(5)28(17-18(27)4)24(20-10-9-11-21(29)15-20)22-12-13-23(31-22)25(30)26(7-2)8-3/h6,9-13,15,18-19,24,29H,1,7-8,14,16-17H2,2-5H3/t18-,19+,24-/m1/s1. The van der Waals surface area contributed by atoms with Gasteiger partial charge in [-0.1, -0.05) is 18.2 Å². The Balaban J connectivity index is 1.97. The Labute approximate surface area is 190 Å². The molecule has 3 atom stereocenters. The molecule has 1 aliphatic rings. The molecule has 1 aromatic heterocycles. The lowest BCUT2D eigenvalue weighted by Gasteiger charge is -2.47. The first-order chi connectivity index (χ1) is 14.9. The molecule has 1 saturated heterocycles. The van der Waals surface area contributed by atoms with E-state index in [0.717, 1.165) is 35.0 Å². The van der Waals surface area contributed by atoms with Gasteiger partial charge in [-0.3, -0.25) is 14.6 Å². The molecule has 6 heteroatoms. The molecule has 0 aliphatic carbocycles. The molecule has 168 valence electrons. The summed E-state index contributed by atoms with van der Waals surface area (Å²) in [6.07, 6.45) is 1.97. The number of carbonyl (C=O) groups is 1. The van der Waals surface area contributed by atoms with Crippen molar-refractivity contribution < 1.29 is 9.90 Å². The van der Waals surface area contributed by atoms with Crippen LogP contribution in [-0.2, 0) is 0 Å². The van der Waals surface area contributed by atoms with Crippen molar-refractivity contribution in [3.63, 3.8) is 0 Å². The number of thiophene rings is 1. The molecule has 1 fully saturated rings. The predicted molar refractivity (Wildman–Crippen MR) is 129 cm³/mol. The maximum absolute atomic E-state index is 12.9. The molecule has 2 heterocycles. The molecule has 0 unspecified atom stereocenters. The number of phenolic OH excluding ortho intramolecular Hbond substituents is 1. The van der Waals surface area contributed by atoms with Gasteiger partial charge in [-0.25, -0.2) is 0 Å². The number of rotatable bonds is 8. The first-order valence-corrected chi connectivity index (χ1v) is 12.0. The number of hydrogen-bond donors (Lipinski definition) is 1. The smallest absolute Gasteiger partial charge is 0.263 e. The largest absolute Gasteiger partial charge is 0.508 e. The van der Waals surface area contributed by atoms with Gasteiger partial charge in [-0.2, -0.15) is 0 Å². The number of aromatic hydroxyl groups is 1.